The first-order valence-corrected chi connectivity index (χ1v) is 6.92. The summed E-state index contributed by atoms with van der Waals surface area (Å²) in [5.41, 5.74) is -0.727. The summed E-state index contributed by atoms with van der Waals surface area (Å²) < 4.78 is 43.7. The molecule has 0 amide bonds. The number of rotatable bonds is 4. The van der Waals surface area contributed by atoms with Crippen molar-refractivity contribution in [1.82, 2.24) is 0 Å². The van der Waals surface area contributed by atoms with Crippen LogP contribution in [0.2, 0.25) is 0 Å². The van der Waals surface area contributed by atoms with Crippen molar-refractivity contribution in [2.45, 2.75) is 32.0 Å². The smallest absolute Gasteiger partial charge is 0.385 e. The van der Waals surface area contributed by atoms with Gasteiger partial charge in [0.1, 0.15) is 0 Å². The van der Waals surface area contributed by atoms with E-state index in [2.05, 4.69) is 12.2 Å². The third-order valence-electron chi connectivity index (χ3n) is 3.76. The maximum atomic E-state index is 12.7. The van der Waals surface area contributed by atoms with E-state index in [4.69, 9.17) is 10.00 Å². The van der Waals surface area contributed by atoms with Gasteiger partial charge in [-0.05, 0) is 31.0 Å². The van der Waals surface area contributed by atoms with Gasteiger partial charge in [0.25, 0.3) is 0 Å². The highest BCUT2D eigenvalue weighted by molar-refractivity contribution is 5.53. The molecule has 2 unspecified atom stereocenters. The zero-order valence-electron chi connectivity index (χ0n) is 11.7. The summed E-state index contributed by atoms with van der Waals surface area (Å²) in [7, 11) is 0. The Balaban J connectivity index is 2.07. The Morgan fingerprint density at radius 2 is 2.19 bits per heavy atom. The molecule has 21 heavy (non-hydrogen) atoms. The second-order valence-electron chi connectivity index (χ2n) is 5.12. The van der Waals surface area contributed by atoms with Gasteiger partial charge in [-0.1, -0.05) is 6.92 Å². The number of anilines is 1. The van der Waals surface area contributed by atoms with Crippen molar-refractivity contribution in [3.05, 3.63) is 29.3 Å². The molecule has 1 aromatic carbocycles. The van der Waals surface area contributed by atoms with Crippen LogP contribution in [0.25, 0.3) is 0 Å². The van der Waals surface area contributed by atoms with Gasteiger partial charge in [0.2, 0.25) is 0 Å². The molecule has 1 aliphatic rings. The average molecular weight is 298 g/mol. The summed E-state index contributed by atoms with van der Waals surface area (Å²) in [6.07, 6.45) is -2.45. The van der Waals surface area contributed by atoms with Crippen molar-refractivity contribution in [2.24, 2.45) is 5.92 Å². The molecule has 0 bridgehead atoms. The van der Waals surface area contributed by atoms with E-state index in [0.29, 0.717) is 18.2 Å². The normalized spacial score (nSPS) is 22.0. The fraction of sp³-hybridized carbons (Fsp3) is 0.533. The molecule has 3 nitrogen and oxygen atoms in total. The number of alkyl halides is 3. The summed E-state index contributed by atoms with van der Waals surface area (Å²) in [6, 6.07) is 5.16. The quantitative estimate of drug-likeness (QED) is 0.919. The molecule has 0 spiro atoms. The fourth-order valence-corrected chi connectivity index (χ4v) is 2.62. The third-order valence-corrected chi connectivity index (χ3v) is 3.76. The molecule has 2 atom stereocenters. The van der Waals surface area contributed by atoms with Crippen LogP contribution in [-0.2, 0) is 10.9 Å². The molecule has 114 valence electrons. The Labute approximate surface area is 121 Å². The van der Waals surface area contributed by atoms with Crippen LogP contribution in [-0.4, -0.2) is 19.3 Å². The SMILES string of the molecule is CCC1OCCC1CNc1ccc(C(F)(F)F)c(C#N)c1. The molecule has 1 saturated heterocycles. The van der Waals surface area contributed by atoms with Crippen LogP contribution in [0.5, 0.6) is 0 Å². The Morgan fingerprint density at radius 1 is 1.43 bits per heavy atom. The molecule has 0 saturated carbocycles. The van der Waals surface area contributed by atoms with E-state index < -0.39 is 11.7 Å². The summed E-state index contributed by atoms with van der Waals surface area (Å²) in [5, 5.41) is 12.0. The molecule has 0 aromatic heterocycles. The van der Waals surface area contributed by atoms with Gasteiger partial charge >= 0.3 is 6.18 Å². The van der Waals surface area contributed by atoms with Crippen molar-refractivity contribution in [2.75, 3.05) is 18.5 Å². The first-order valence-electron chi connectivity index (χ1n) is 6.92. The van der Waals surface area contributed by atoms with Crippen LogP contribution in [0.15, 0.2) is 18.2 Å². The first-order chi connectivity index (χ1) is 9.95. The van der Waals surface area contributed by atoms with Crippen LogP contribution >= 0.6 is 0 Å². The van der Waals surface area contributed by atoms with Crippen LogP contribution in [0, 0.1) is 17.2 Å². The van der Waals surface area contributed by atoms with E-state index in [0.717, 1.165) is 25.5 Å². The number of hydrogen-bond donors (Lipinski definition) is 1. The van der Waals surface area contributed by atoms with Crippen molar-refractivity contribution in [3.63, 3.8) is 0 Å². The van der Waals surface area contributed by atoms with E-state index in [9.17, 15) is 13.2 Å². The molecule has 0 aliphatic carbocycles. The molecule has 2 rings (SSSR count). The van der Waals surface area contributed by atoms with Crippen LogP contribution in [0.1, 0.15) is 30.9 Å². The lowest BCUT2D eigenvalue weighted by Crippen LogP contribution is -2.22. The summed E-state index contributed by atoms with van der Waals surface area (Å²) in [4.78, 5) is 0. The second-order valence-corrected chi connectivity index (χ2v) is 5.12. The Morgan fingerprint density at radius 3 is 2.81 bits per heavy atom. The van der Waals surface area contributed by atoms with E-state index in [1.165, 1.54) is 12.1 Å². The first kappa shape index (κ1) is 15.6. The van der Waals surface area contributed by atoms with E-state index in [-0.39, 0.29) is 11.7 Å². The predicted molar refractivity (Wildman–Crippen MR) is 72.8 cm³/mol. The monoisotopic (exact) mass is 298 g/mol. The number of nitrogens with zero attached hydrogens (tertiary/aromatic N) is 1. The molecule has 6 heteroatoms. The van der Waals surface area contributed by atoms with Gasteiger partial charge < -0.3 is 10.1 Å². The standard InChI is InChI=1S/C15H17F3N2O/c1-2-14-10(5-6-21-14)9-20-12-3-4-13(15(16,17)18)11(7-12)8-19/h3-4,7,10,14,20H,2,5-6,9H2,1H3. The van der Waals surface area contributed by atoms with Crippen molar-refractivity contribution >= 4 is 5.69 Å². The topological polar surface area (TPSA) is 45.0 Å². The Bertz CT molecular complexity index is 537. The van der Waals surface area contributed by atoms with Gasteiger partial charge in [0, 0.05) is 24.8 Å². The third kappa shape index (κ3) is 3.67. The molecule has 1 fully saturated rings. The minimum atomic E-state index is -4.50. The molecule has 0 radical (unpaired) electrons. The lowest BCUT2D eigenvalue weighted by Gasteiger charge is -2.18. The molecule has 1 aliphatic heterocycles. The Hall–Kier alpha value is -1.74. The Kier molecular flexibility index (Phi) is 4.73. The number of benzene rings is 1. The van der Waals surface area contributed by atoms with Gasteiger partial charge in [-0.2, -0.15) is 18.4 Å². The van der Waals surface area contributed by atoms with Crippen molar-refractivity contribution < 1.29 is 17.9 Å². The van der Waals surface area contributed by atoms with Gasteiger partial charge in [-0.25, -0.2) is 0 Å². The highest BCUT2D eigenvalue weighted by Gasteiger charge is 2.33. The van der Waals surface area contributed by atoms with Gasteiger partial charge in [-0.3, -0.25) is 0 Å². The molecule has 1 N–H and O–H groups in total. The number of ether oxygens (including phenoxy) is 1. The largest absolute Gasteiger partial charge is 0.417 e. The molecular weight excluding hydrogens is 281 g/mol. The average Bonchev–Trinajstić information content (AvgIpc) is 2.91. The van der Waals surface area contributed by atoms with Crippen molar-refractivity contribution in [1.29, 1.82) is 5.26 Å². The maximum Gasteiger partial charge on any atom is 0.417 e. The summed E-state index contributed by atoms with van der Waals surface area (Å²) >= 11 is 0. The van der Waals surface area contributed by atoms with Gasteiger partial charge in [-0.15, -0.1) is 0 Å². The van der Waals surface area contributed by atoms with E-state index >= 15 is 0 Å². The number of hydrogen-bond acceptors (Lipinski definition) is 3. The zero-order chi connectivity index (χ0) is 15.5. The van der Waals surface area contributed by atoms with E-state index in [1.807, 2.05) is 0 Å². The van der Waals surface area contributed by atoms with Crippen molar-refractivity contribution in [3.8, 4) is 6.07 Å². The minimum absolute atomic E-state index is 0.197. The van der Waals surface area contributed by atoms with Crippen LogP contribution in [0.4, 0.5) is 18.9 Å². The molecule has 1 aromatic rings. The summed E-state index contributed by atoms with van der Waals surface area (Å²) in [6.45, 7) is 3.41. The predicted octanol–water partition coefficient (Wildman–Crippen LogP) is 3.80. The zero-order valence-corrected chi connectivity index (χ0v) is 11.7. The second kappa shape index (κ2) is 6.35. The highest BCUT2D eigenvalue weighted by atomic mass is 19.4. The molecule has 1 heterocycles. The molecular formula is C15H17F3N2O. The number of halogens is 3. The maximum absolute atomic E-state index is 12.7. The summed E-state index contributed by atoms with van der Waals surface area (Å²) in [5.74, 6) is 0.350. The van der Waals surface area contributed by atoms with Crippen LogP contribution < -0.4 is 5.32 Å². The van der Waals surface area contributed by atoms with Gasteiger partial charge in [0.15, 0.2) is 0 Å². The van der Waals surface area contributed by atoms with E-state index in [1.54, 1.807) is 6.07 Å². The minimum Gasteiger partial charge on any atom is -0.385 e. The number of nitriles is 1. The number of nitrogens with one attached hydrogen (secondary N) is 1. The lowest BCUT2D eigenvalue weighted by atomic mass is 9.99. The fourth-order valence-electron chi connectivity index (χ4n) is 2.62. The van der Waals surface area contributed by atoms with Crippen LogP contribution in [0.3, 0.4) is 0 Å². The highest BCUT2D eigenvalue weighted by Crippen LogP contribution is 2.33. The lowest BCUT2D eigenvalue weighted by molar-refractivity contribution is -0.137. The van der Waals surface area contributed by atoms with Gasteiger partial charge in [0.05, 0.1) is 23.3 Å².